The molecule has 1 aromatic heterocycles. The third-order valence-electron chi connectivity index (χ3n) is 3.08. The Morgan fingerprint density at radius 1 is 1.50 bits per heavy atom. The van der Waals surface area contributed by atoms with E-state index in [9.17, 15) is 0 Å². The Hall–Kier alpha value is -1.09. The van der Waals surface area contributed by atoms with E-state index in [1.807, 2.05) is 6.20 Å². The topological polar surface area (TPSA) is 34.2 Å². The molecule has 2 aliphatic rings. The number of hydrogen-bond donors (Lipinski definition) is 1. The van der Waals surface area contributed by atoms with E-state index in [1.165, 1.54) is 17.7 Å². The van der Waals surface area contributed by atoms with Crippen LogP contribution >= 0.6 is 0 Å². The van der Waals surface area contributed by atoms with E-state index in [0.29, 0.717) is 5.92 Å². The number of pyridine rings is 1. The minimum Gasteiger partial charge on any atom is -0.491 e. The molecule has 1 unspecified atom stereocenters. The van der Waals surface area contributed by atoms with Crippen molar-refractivity contribution < 1.29 is 4.74 Å². The Morgan fingerprint density at radius 3 is 3.36 bits per heavy atom. The van der Waals surface area contributed by atoms with Crippen LogP contribution in [0.3, 0.4) is 0 Å². The molecule has 0 aliphatic carbocycles. The highest BCUT2D eigenvalue weighted by Gasteiger charge is 2.20. The van der Waals surface area contributed by atoms with Gasteiger partial charge in [0.2, 0.25) is 0 Å². The lowest BCUT2D eigenvalue weighted by atomic mass is 10.0. The largest absolute Gasteiger partial charge is 0.491 e. The maximum absolute atomic E-state index is 5.44. The number of hydrogen-bond acceptors (Lipinski definition) is 3. The van der Waals surface area contributed by atoms with Gasteiger partial charge in [0.1, 0.15) is 5.75 Å². The first kappa shape index (κ1) is 8.24. The van der Waals surface area contributed by atoms with Crippen molar-refractivity contribution in [1.82, 2.24) is 10.3 Å². The molecule has 3 heterocycles. The van der Waals surface area contributed by atoms with Gasteiger partial charge in [0.25, 0.3) is 0 Å². The van der Waals surface area contributed by atoms with Crippen LogP contribution in [0, 0.1) is 0 Å². The minimum absolute atomic E-state index is 0.612. The molecule has 74 valence electrons. The molecule has 1 atom stereocenters. The zero-order valence-corrected chi connectivity index (χ0v) is 8.12. The van der Waals surface area contributed by atoms with Crippen LogP contribution < -0.4 is 10.1 Å². The summed E-state index contributed by atoms with van der Waals surface area (Å²) < 4.78 is 5.44. The molecule has 1 aromatic rings. The molecule has 1 saturated heterocycles. The van der Waals surface area contributed by atoms with E-state index in [4.69, 9.17) is 4.74 Å². The summed E-state index contributed by atoms with van der Waals surface area (Å²) in [4.78, 5) is 4.47. The smallest absolute Gasteiger partial charge is 0.140 e. The van der Waals surface area contributed by atoms with Crippen molar-refractivity contribution in [3.8, 4) is 5.75 Å². The molecule has 0 radical (unpaired) electrons. The number of nitrogens with one attached hydrogen (secondary N) is 1. The van der Waals surface area contributed by atoms with Gasteiger partial charge >= 0.3 is 0 Å². The van der Waals surface area contributed by atoms with Crippen LogP contribution in [0.15, 0.2) is 12.3 Å². The van der Waals surface area contributed by atoms with Crippen LogP contribution in [0.5, 0.6) is 5.75 Å². The number of fused-ring (bicyclic) bond motifs is 1. The van der Waals surface area contributed by atoms with Gasteiger partial charge in [-0.15, -0.1) is 0 Å². The van der Waals surface area contributed by atoms with Gasteiger partial charge in [0, 0.05) is 30.1 Å². The zero-order chi connectivity index (χ0) is 9.38. The van der Waals surface area contributed by atoms with Crippen LogP contribution in [0.1, 0.15) is 23.6 Å². The van der Waals surface area contributed by atoms with Gasteiger partial charge in [-0.3, -0.25) is 4.98 Å². The lowest BCUT2D eigenvalue weighted by Gasteiger charge is -2.08. The summed E-state index contributed by atoms with van der Waals surface area (Å²) in [6.07, 6.45) is 4.15. The summed E-state index contributed by atoms with van der Waals surface area (Å²) in [5, 5.41) is 3.37. The van der Waals surface area contributed by atoms with Crippen LogP contribution in [0.4, 0.5) is 0 Å². The molecule has 0 saturated carbocycles. The average molecular weight is 190 g/mol. The fourth-order valence-corrected chi connectivity index (χ4v) is 2.23. The van der Waals surface area contributed by atoms with E-state index in [-0.39, 0.29) is 0 Å². The number of ether oxygens (including phenoxy) is 1. The van der Waals surface area contributed by atoms with E-state index < -0.39 is 0 Å². The molecule has 3 heteroatoms. The van der Waals surface area contributed by atoms with Crippen molar-refractivity contribution >= 4 is 0 Å². The predicted octanol–water partition coefficient (Wildman–Crippen LogP) is 1.09. The highest BCUT2D eigenvalue weighted by molar-refractivity contribution is 5.36. The second-order valence-corrected chi connectivity index (χ2v) is 4.01. The molecule has 0 bridgehead atoms. The molecular formula is C11H14N2O. The minimum atomic E-state index is 0.612. The Kier molecular flexibility index (Phi) is 1.91. The quantitative estimate of drug-likeness (QED) is 0.720. The molecule has 2 aliphatic heterocycles. The molecule has 14 heavy (non-hydrogen) atoms. The molecule has 1 fully saturated rings. The van der Waals surface area contributed by atoms with Gasteiger partial charge in [0.05, 0.1) is 12.8 Å². The van der Waals surface area contributed by atoms with Crippen molar-refractivity contribution in [2.24, 2.45) is 0 Å². The van der Waals surface area contributed by atoms with Gasteiger partial charge in [0.15, 0.2) is 0 Å². The maximum atomic E-state index is 5.44. The second-order valence-electron chi connectivity index (χ2n) is 4.01. The highest BCUT2D eigenvalue weighted by Crippen LogP contribution is 2.28. The molecular weight excluding hydrogens is 176 g/mol. The first-order valence-electron chi connectivity index (χ1n) is 5.26. The van der Waals surface area contributed by atoms with Crippen molar-refractivity contribution in [2.75, 3.05) is 19.7 Å². The van der Waals surface area contributed by atoms with Gasteiger partial charge in [-0.05, 0) is 19.0 Å². The van der Waals surface area contributed by atoms with E-state index in [1.54, 1.807) is 0 Å². The van der Waals surface area contributed by atoms with E-state index >= 15 is 0 Å². The van der Waals surface area contributed by atoms with E-state index in [2.05, 4.69) is 16.4 Å². The van der Waals surface area contributed by atoms with Gasteiger partial charge in [-0.1, -0.05) is 0 Å². The Balaban J connectivity index is 1.91. The standard InChI is InChI=1S/C11H14N2O/c1-3-12-6-9(1)10-5-8-2-4-14-11(8)7-13-10/h5,7,9,12H,1-4,6H2. The Bertz CT molecular complexity index is 345. The summed E-state index contributed by atoms with van der Waals surface area (Å²) in [5.74, 6) is 1.60. The summed E-state index contributed by atoms with van der Waals surface area (Å²) in [7, 11) is 0. The number of aromatic nitrogens is 1. The lowest BCUT2D eigenvalue weighted by Crippen LogP contribution is -2.08. The first-order chi connectivity index (χ1) is 6.93. The molecule has 0 spiro atoms. The molecule has 0 amide bonds. The third kappa shape index (κ3) is 1.28. The van der Waals surface area contributed by atoms with Crippen molar-refractivity contribution in [3.63, 3.8) is 0 Å². The molecule has 1 N–H and O–H groups in total. The fraction of sp³-hybridized carbons (Fsp3) is 0.545. The second kappa shape index (κ2) is 3.24. The molecule has 0 aromatic carbocycles. The average Bonchev–Trinajstić information content (AvgIpc) is 2.88. The summed E-state index contributed by atoms with van der Waals surface area (Å²) in [6.45, 7) is 3.02. The third-order valence-corrected chi connectivity index (χ3v) is 3.08. The van der Waals surface area contributed by atoms with E-state index in [0.717, 1.165) is 31.9 Å². The monoisotopic (exact) mass is 190 g/mol. The van der Waals surface area contributed by atoms with Gasteiger partial charge in [-0.2, -0.15) is 0 Å². The Morgan fingerprint density at radius 2 is 2.50 bits per heavy atom. The fourth-order valence-electron chi connectivity index (χ4n) is 2.23. The molecule has 3 rings (SSSR count). The zero-order valence-electron chi connectivity index (χ0n) is 8.12. The van der Waals surface area contributed by atoms with Crippen LogP contribution in [0.25, 0.3) is 0 Å². The molecule has 3 nitrogen and oxygen atoms in total. The van der Waals surface area contributed by atoms with Crippen molar-refractivity contribution in [1.29, 1.82) is 0 Å². The predicted molar refractivity (Wildman–Crippen MR) is 53.7 cm³/mol. The summed E-state index contributed by atoms with van der Waals surface area (Å²) >= 11 is 0. The Labute approximate surface area is 83.5 Å². The SMILES string of the molecule is c1c(C2CCNC2)ncc2c1CCO2. The maximum Gasteiger partial charge on any atom is 0.140 e. The highest BCUT2D eigenvalue weighted by atomic mass is 16.5. The number of rotatable bonds is 1. The van der Waals surface area contributed by atoms with Crippen molar-refractivity contribution in [2.45, 2.75) is 18.8 Å². The number of nitrogens with zero attached hydrogens (tertiary/aromatic N) is 1. The van der Waals surface area contributed by atoms with Gasteiger partial charge < -0.3 is 10.1 Å². The summed E-state index contributed by atoms with van der Waals surface area (Å²) in [5.41, 5.74) is 2.57. The van der Waals surface area contributed by atoms with Gasteiger partial charge in [-0.25, -0.2) is 0 Å². The van der Waals surface area contributed by atoms with Crippen LogP contribution in [-0.2, 0) is 6.42 Å². The summed E-state index contributed by atoms with van der Waals surface area (Å²) in [6, 6.07) is 2.22. The van der Waals surface area contributed by atoms with Crippen LogP contribution in [-0.4, -0.2) is 24.7 Å². The lowest BCUT2D eigenvalue weighted by molar-refractivity contribution is 0.355. The first-order valence-corrected chi connectivity index (χ1v) is 5.26. The normalized spacial score (nSPS) is 24.7. The van der Waals surface area contributed by atoms with Crippen LogP contribution in [0.2, 0.25) is 0 Å². The van der Waals surface area contributed by atoms with Crippen molar-refractivity contribution in [3.05, 3.63) is 23.5 Å².